The van der Waals surface area contributed by atoms with Gasteiger partial charge in [0.2, 0.25) is 0 Å². The highest BCUT2D eigenvalue weighted by Gasteiger charge is 2.40. The number of hydrogen-bond acceptors (Lipinski definition) is 8. The Hall–Kier alpha value is -1.74. The van der Waals surface area contributed by atoms with E-state index in [-0.39, 0.29) is 24.8 Å². The first-order valence-corrected chi connectivity index (χ1v) is 25.1. The summed E-state index contributed by atoms with van der Waals surface area (Å²) in [5.41, 5.74) is 3.23. The number of carbonyl (C=O) groups excluding carboxylic acids is 2. The van der Waals surface area contributed by atoms with E-state index in [1.807, 2.05) is 0 Å². The van der Waals surface area contributed by atoms with E-state index in [0.717, 1.165) is 135 Å². The fourth-order valence-electron chi connectivity index (χ4n) is 9.04. The van der Waals surface area contributed by atoms with Crippen molar-refractivity contribution in [2.24, 2.45) is 23.2 Å². The Balaban J connectivity index is 1.48. The summed E-state index contributed by atoms with van der Waals surface area (Å²) in [7, 11) is 0. The highest BCUT2D eigenvalue weighted by molar-refractivity contribution is 5.69. The molecule has 0 aliphatic heterocycles. The highest BCUT2D eigenvalue weighted by Crippen LogP contribution is 2.52. The van der Waals surface area contributed by atoms with E-state index in [1.165, 1.54) is 62.5 Å². The first-order valence-electron chi connectivity index (χ1n) is 25.1. The zero-order valence-electron chi connectivity index (χ0n) is 40.1. The minimum atomic E-state index is -0.254. The van der Waals surface area contributed by atoms with E-state index >= 15 is 0 Å². The predicted molar refractivity (Wildman–Crippen MR) is 249 cm³/mol. The van der Waals surface area contributed by atoms with Gasteiger partial charge in [-0.15, -0.1) is 0 Å². The summed E-state index contributed by atoms with van der Waals surface area (Å²) in [6, 6.07) is 0. The molecule has 0 aromatic rings. The molecule has 350 valence electrons. The van der Waals surface area contributed by atoms with Gasteiger partial charge in [0.15, 0.2) is 6.29 Å². The normalized spacial score (nSPS) is 18.9. The van der Waals surface area contributed by atoms with E-state index in [2.05, 4.69) is 58.6 Å². The highest BCUT2D eigenvalue weighted by atomic mass is 16.7. The second-order valence-electron chi connectivity index (χ2n) is 19.6. The van der Waals surface area contributed by atoms with Gasteiger partial charge in [-0.1, -0.05) is 75.7 Å². The molecule has 2 unspecified atom stereocenters. The Morgan fingerprint density at radius 2 is 1.07 bits per heavy atom. The molecule has 8 nitrogen and oxygen atoms in total. The van der Waals surface area contributed by atoms with Crippen molar-refractivity contribution in [2.75, 3.05) is 52.7 Å². The maximum absolute atomic E-state index is 12.5. The largest absolute Gasteiger partial charge is 0.466 e. The quantitative estimate of drug-likeness (QED) is 0.0283. The summed E-state index contributed by atoms with van der Waals surface area (Å²) in [5, 5.41) is 9.59. The van der Waals surface area contributed by atoms with Crippen molar-refractivity contribution in [2.45, 2.75) is 221 Å². The lowest BCUT2D eigenvalue weighted by molar-refractivity contribution is -0.155. The maximum Gasteiger partial charge on any atom is 0.305 e. The number of carbonyl (C=O) groups is 2. The molecule has 3 fully saturated rings. The average molecular weight is 846 g/mol. The summed E-state index contributed by atoms with van der Waals surface area (Å²) >= 11 is 0. The van der Waals surface area contributed by atoms with Crippen LogP contribution in [0.15, 0.2) is 23.3 Å². The van der Waals surface area contributed by atoms with Crippen molar-refractivity contribution in [1.29, 1.82) is 0 Å². The van der Waals surface area contributed by atoms with Crippen LogP contribution >= 0.6 is 0 Å². The molecule has 0 saturated heterocycles. The van der Waals surface area contributed by atoms with Gasteiger partial charge >= 0.3 is 11.9 Å². The van der Waals surface area contributed by atoms with Crippen molar-refractivity contribution in [3.05, 3.63) is 23.3 Å². The number of aliphatic hydroxyl groups is 1. The number of ether oxygens (including phenoxy) is 4. The summed E-state index contributed by atoms with van der Waals surface area (Å²) in [6.45, 7) is 18.6. The molecule has 0 aromatic carbocycles. The van der Waals surface area contributed by atoms with Crippen molar-refractivity contribution in [1.82, 2.24) is 4.90 Å². The van der Waals surface area contributed by atoms with Gasteiger partial charge in [0, 0.05) is 39.0 Å². The average Bonchev–Trinajstić information content (AvgIpc) is 3.21. The Morgan fingerprint density at radius 1 is 0.600 bits per heavy atom. The van der Waals surface area contributed by atoms with Crippen LogP contribution in [0.5, 0.6) is 0 Å². The number of nitrogens with zero attached hydrogens (tertiary/aromatic N) is 1. The monoisotopic (exact) mass is 846 g/mol. The molecule has 60 heavy (non-hydrogen) atoms. The molecule has 3 saturated carbocycles. The summed E-state index contributed by atoms with van der Waals surface area (Å²) in [6.07, 6.45) is 33.5. The minimum absolute atomic E-state index is 0.0131. The minimum Gasteiger partial charge on any atom is -0.466 e. The van der Waals surface area contributed by atoms with Gasteiger partial charge in [0.05, 0.1) is 19.8 Å². The predicted octanol–water partition coefficient (Wildman–Crippen LogP) is 13.1. The van der Waals surface area contributed by atoms with Crippen LogP contribution in [0, 0.1) is 23.2 Å². The molecule has 3 aliphatic carbocycles. The number of allylic oxidation sites excluding steroid dienone is 4. The van der Waals surface area contributed by atoms with Crippen LogP contribution in [0.3, 0.4) is 0 Å². The molecular weight excluding hydrogens is 751 g/mol. The molecule has 1 N–H and O–H groups in total. The Bertz CT molecular complexity index is 1090. The first kappa shape index (κ1) is 54.4. The molecule has 0 aromatic heterocycles. The SMILES string of the molecule is CC(C)=CCCC(C)CCOC(CCCOC(=O)CCCCCCCN(CCO)CCCCCCCC(=O)OCCC12CCC(CC1)CC2)OCCC(C)CCC=C(C)C. The molecule has 0 radical (unpaired) electrons. The summed E-state index contributed by atoms with van der Waals surface area (Å²) in [5.74, 6) is 2.07. The number of fused-ring (bicyclic) bond motifs is 3. The topological polar surface area (TPSA) is 94.5 Å². The molecular formula is C52H95NO7. The standard InChI is InChI=1S/C52H95NO7/c1-44(2)20-17-22-46(5)30-41-59-51(60-42-31-47(6)23-18-21-45(3)4)26-19-40-57-49(55)24-13-9-7-11-15-36-53(38-39-54)37-16-12-8-10-14-25-50(56)58-43-35-52-32-27-48(28-33-52)29-34-52/h20-21,46-48,51,54H,7-19,22-43H2,1-6H3. The van der Waals surface area contributed by atoms with Crippen LogP contribution in [-0.4, -0.2) is 80.9 Å². The number of unbranched alkanes of at least 4 members (excludes halogenated alkanes) is 8. The molecule has 0 spiro atoms. The number of rotatable bonds is 39. The van der Waals surface area contributed by atoms with E-state index in [0.29, 0.717) is 56.5 Å². The lowest BCUT2D eigenvalue weighted by atomic mass is 9.59. The number of hydrogen-bond donors (Lipinski definition) is 1. The van der Waals surface area contributed by atoms with Crippen molar-refractivity contribution in [3.8, 4) is 0 Å². The van der Waals surface area contributed by atoms with Gasteiger partial charge in [-0.2, -0.15) is 0 Å². The zero-order valence-corrected chi connectivity index (χ0v) is 40.1. The third-order valence-electron chi connectivity index (χ3n) is 13.4. The molecule has 3 aliphatic rings. The summed E-state index contributed by atoms with van der Waals surface area (Å²) in [4.78, 5) is 27.1. The van der Waals surface area contributed by atoms with Crippen LogP contribution in [0.4, 0.5) is 0 Å². The third-order valence-corrected chi connectivity index (χ3v) is 13.4. The van der Waals surface area contributed by atoms with Gasteiger partial charge in [0.25, 0.3) is 0 Å². The number of aliphatic hydroxyl groups excluding tert-OH is 1. The van der Waals surface area contributed by atoms with Crippen molar-refractivity contribution < 1.29 is 33.6 Å². The lowest BCUT2D eigenvalue weighted by Gasteiger charge is -2.46. The van der Waals surface area contributed by atoms with Gasteiger partial charge in [-0.3, -0.25) is 9.59 Å². The van der Waals surface area contributed by atoms with Crippen LogP contribution in [0.25, 0.3) is 0 Å². The van der Waals surface area contributed by atoms with Crippen LogP contribution in [-0.2, 0) is 28.5 Å². The van der Waals surface area contributed by atoms with E-state index < -0.39 is 0 Å². The molecule has 3 rings (SSSR count). The first-order chi connectivity index (χ1) is 29.0. The van der Waals surface area contributed by atoms with E-state index in [1.54, 1.807) is 0 Å². The third kappa shape index (κ3) is 28.8. The van der Waals surface area contributed by atoms with Gasteiger partial charge in [-0.25, -0.2) is 0 Å². The molecule has 8 heteroatoms. The Kier molecular flexibility index (Phi) is 31.5. The van der Waals surface area contributed by atoms with Gasteiger partial charge < -0.3 is 29.0 Å². The van der Waals surface area contributed by atoms with Gasteiger partial charge in [0.1, 0.15) is 0 Å². The second kappa shape index (κ2) is 34.7. The molecule has 0 amide bonds. The van der Waals surface area contributed by atoms with Crippen molar-refractivity contribution >= 4 is 11.9 Å². The smallest absolute Gasteiger partial charge is 0.305 e. The van der Waals surface area contributed by atoms with Crippen LogP contribution in [0.1, 0.15) is 215 Å². The zero-order chi connectivity index (χ0) is 43.7. The van der Waals surface area contributed by atoms with Crippen LogP contribution < -0.4 is 0 Å². The molecule has 0 heterocycles. The Labute approximate surface area is 369 Å². The molecule has 2 atom stereocenters. The van der Waals surface area contributed by atoms with Crippen LogP contribution in [0.2, 0.25) is 0 Å². The second-order valence-corrected chi connectivity index (χ2v) is 19.6. The van der Waals surface area contributed by atoms with Crippen molar-refractivity contribution in [3.63, 3.8) is 0 Å². The van der Waals surface area contributed by atoms with E-state index in [9.17, 15) is 14.7 Å². The van der Waals surface area contributed by atoms with E-state index in [4.69, 9.17) is 18.9 Å². The number of esters is 2. The lowest BCUT2D eigenvalue weighted by Crippen LogP contribution is -2.35. The molecule has 2 bridgehead atoms. The van der Waals surface area contributed by atoms with Gasteiger partial charge in [-0.05, 0) is 180 Å². The fraction of sp³-hybridized carbons (Fsp3) is 0.885. The maximum atomic E-state index is 12.5. The summed E-state index contributed by atoms with van der Waals surface area (Å²) < 4.78 is 23.7. The fourth-order valence-corrected chi connectivity index (χ4v) is 9.04. The Morgan fingerprint density at radius 3 is 1.55 bits per heavy atom.